The van der Waals surface area contributed by atoms with Gasteiger partial charge in [-0.15, -0.1) is 0 Å². The fourth-order valence-corrected chi connectivity index (χ4v) is 1.39. The van der Waals surface area contributed by atoms with Gasteiger partial charge in [0.05, 0.1) is 12.0 Å². The molecule has 0 radical (unpaired) electrons. The summed E-state index contributed by atoms with van der Waals surface area (Å²) in [5.74, 6) is 0.0610. The van der Waals surface area contributed by atoms with Crippen LogP contribution in [0.2, 0.25) is 0 Å². The summed E-state index contributed by atoms with van der Waals surface area (Å²) in [4.78, 5) is 0. The molecule has 1 atom stereocenters. The van der Waals surface area contributed by atoms with Crippen molar-refractivity contribution in [3.8, 4) is 6.07 Å². The van der Waals surface area contributed by atoms with Crippen LogP contribution in [0.1, 0.15) is 37.3 Å². The predicted molar refractivity (Wildman–Crippen MR) is 54.5 cm³/mol. The molecule has 0 aliphatic rings. The fourth-order valence-electron chi connectivity index (χ4n) is 1.39. The molecular weight excluding hydrogens is 158 g/mol. The van der Waals surface area contributed by atoms with Crippen LogP contribution in [-0.4, -0.2) is 0 Å². The van der Waals surface area contributed by atoms with E-state index in [1.165, 1.54) is 5.56 Å². The molecule has 1 aromatic rings. The lowest BCUT2D eigenvalue weighted by Gasteiger charge is -2.06. The van der Waals surface area contributed by atoms with Crippen LogP contribution in [0.25, 0.3) is 0 Å². The second-order valence-corrected chi connectivity index (χ2v) is 3.19. The average molecular weight is 173 g/mol. The average Bonchev–Trinajstić information content (AvgIpc) is 2.21. The first-order valence-electron chi connectivity index (χ1n) is 4.80. The molecule has 68 valence electrons. The second kappa shape index (κ2) is 4.67. The largest absolute Gasteiger partial charge is 0.198 e. The van der Waals surface area contributed by atoms with Crippen LogP contribution in [0.15, 0.2) is 24.3 Å². The van der Waals surface area contributed by atoms with Gasteiger partial charge in [-0.1, -0.05) is 38.1 Å². The van der Waals surface area contributed by atoms with Gasteiger partial charge in [-0.25, -0.2) is 0 Å². The van der Waals surface area contributed by atoms with Gasteiger partial charge in [-0.05, 0) is 24.0 Å². The van der Waals surface area contributed by atoms with Crippen LogP contribution >= 0.6 is 0 Å². The SMILES string of the molecule is CCc1ccc(C(C#N)CC)cc1. The number of benzene rings is 1. The fraction of sp³-hybridized carbons (Fsp3) is 0.417. The molecule has 0 amide bonds. The van der Waals surface area contributed by atoms with Crippen molar-refractivity contribution in [2.45, 2.75) is 32.6 Å². The topological polar surface area (TPSA) is 23.8 Å². The number of hydrogen-bond acceptors (Lipinski definition) is 1. The Hall–Kier alpha value is -1.29. The van der Waals surface area contributed by atoms with E-state index >= 15 is 0 Å². The van der Waals surface area contributed by atoms with E-state index in [0.717, 1.165) is 18.4 Å². The molecule has 1 unspecified atom stereocenters. The molecule has 0 aliphatic carbocycles. The summed E-state index contributed by atoms with van der Waals surface area (Å²) in [7, 11) is 0. The molecule has 0 saturated heterocycles. The third kappa shape index (κ3) is 2.32. The van der Waals surface area contributed by atoms with Crippen LogP contribution in [0, 0.1) is 11.3 Å². The molecule has 1 aromatic carbocycles. The van der Waals surface area contributed by atoms with Gasteiger partial charge >= 0.3 is 0 Å². The van der Waals surface area contributed by atoms with E-state index in [1.54, 1.807) is 0 Å². The minimum absolute atomic E-state index is 0.0610. The van der Waals surface area contributed by atoms with E-state index in [4.69, 9.17) is 5.26 Å². The lowest BCUT2D eigenvalue weighted by molar-refractivity contribution is 0.817. The molecule has 1 nitrogen and oxygen atoms in total. The van der Waals surface area contributed by atoms with E-state index in [-0.39, 0.29) is 5.92 Å². The first kappa shape index (κ1) is 9.80. The van der Waals surface area contributed by atoms with Crippen LogP contribution < -0.4 is 0 Å². The van der Waals surface area contributed by atoms with Gasteiger partial charge in [0.1, 0.15) is 0 Å². The first-order chi connectivity index (χ1) is 6.31. The number of nitrogens with zero attached hydrogens (tertiary/aromatic N) is 1. The van der Waals surface area contributed by atoms with Crippen molar-refractivity contribution in [3.05, 3.63) is 35.4 Å². The Labute approximate surface area is 80.0 Å². The van der Waals surface area contributed by atoms with E-state index in [1.807, 2.05) is 6.92 Å². The zero-order valence-corrected chi connectivity index (χ0v) is 8.25. The molecule has 0 fully saturated rings. The maximum atomic E-state index is 8.86. The molecule has 1 rings (SSSR count). The van der Waals surface area contributed by atoms with Crippen molar-refractivity contribution in [3.63, 3.8) is 0 Å². The zero-order valence-electron chi connectivity index (χ0n) is 8.25. The number of hydrogen-bond donors (Lipinski definition) is 0. The molecule has 0 saturated carbocycles. The highest BCUT2D eigenvalue weighted by atomic mass is 14.3. The molecule has 0 bridgehead atoms. The van der Waals surface area contributed by atoms with Gasteiger partial charge in [0.15, 0.2) is 0 Å². The molecular formula is C12H15N. The number of rotatable bonds is 3. The second-order valence-electron chi connectivity index (χ2n) is 3.19. The quantitative estimate of drug-likeness (QED) is 0.688. The van der Waals surface area contributed by atoms with Crippen LogP contribution in [0.5, 0.6) is 0 Å². The summed E-state index contributed by atoms with van der Waals surface area (Å²) >= 11 is 0. The summed E-state index contributed by atoms with van der Waals surface area (Å²) < 4.78 is 0. The lowest BCUT2D eigenvalue weighted by Crippen LogP contribution is -1.93. The Kier molecular flexibility index (Phi) is 3.52. The highest BCUT2D eigenvalue weighted by Crippen LogP contribution is 2.18. The summed E-state index contributed by atoms with van der Waals surface area (Å²) in [6.45, 7) is 4.18. The molecule has 0 aliphatic heterocycles. The van der Waals surface area contributed by atoms with Crippen molar-refractivity contribution in [2.75, 3.05) is 0 Å². The Morgan fingerprint density at radius 1 is 1.23 bits per heavy atom. The minimum Gasteiger partial charge on any atom is -0.198 e. The monoisotopic (exact) mass is 173 g/mol. The van der Waals surface area contributed by atoms with Crippen molar-refractivity contribution >= 4 is 0 Å². The van der Waals surface area contributed by atoms with E-state index in [0.29, 0.717) is 0 Å². The van der Waals surface area contributed by atoms with Crippen molar-refractivity contribution in [1.82, 2.24) is 0 Å². The Morgan fingerprint density at radius 2 is 1.85 bits per heavy atom. The smallest absolute Gasteiger partial charge is 0.0710 e. The van der Waals surface area contributed by atoms with Gasteiger partial charge in [0.25, 0.3) is 0 Å². The van der Waals surface area contributed by atoms with Gasteiger partial charge in [-0.3, -0.25) is 0 Å². The molecule has 13 heavy (non-hydrogen) atoms. The van der Waals surface area contributed by atoms with E-state index in [9.17, 15) is 0 Å². The Balaban J connectivity index is 2.86. The Morgan fingerprint density at radius 3 is 2.23 bits per heavy atom. The summed E-state index contributed by atoms with van der Waals surface area (Å²) in [6.07, 6.45) is 1.95. The molecule has 0 spiro atoms. The summed E-state index contributed by atoms with van der Waals surface area (Å²) in [6, 6.07) is 10.6. The maximum Gasteiger partial charge on any atom is 0.0710 e. The van der Waals surface area contributed by atoms with E-state index < -0.39 is 0 Å². The molecule has 0 aromatic heterocycles. The third-order valence-corrected chi connectivity index (χ3v) is 2.35. The number of nitriles is 1. The van der Waals surface area contributed by atoms with Crippen LogP contribution in [0.3, 0.4) is 0 Å². The van der Waals surface area contributed by atoms with Crippen LogP contribution in [-0.2, 0) is 6.42 Å². The lowest BCUT2D eigenvalue weighted by atomic mass is 9.97. The number of aryl methyl sites for hydroxylation is 1. The first-order valence-corrected chi connectivity index (χ1v) is 4.80. The zero-order chi connectivity index (χ0) is 9.68. The van der Waals surface area contributed by atoms with Crippen LogP contribution in [0.4, 0.5) is 0 Å². The van der Waals surface area contributed by atoms with Crippen molar-refractivity contribution < 1.29 is 0 Å². The third-order valence-electron chi connectivity index (χ3n) is 2.35. The highest BCUT2D eigenvalue weighted by molar-refractivity contribution is 5.28. The summed E-state index contributed by atoms with van der Waals surface area (Å²) in [5, 5.41) is 8.86. The van der Waals surface area contributed by atoms with Crippen molar-refractivity contribution in [1.29, 1.82) is 5.26 Å². The Bertz CT molecular complexity index is 292. The predicted octanol–water partition coefficient (Wildman–Crippen LogP) is 3.27. The van der Waals surface area contributed by atoms with Gasteiger partial charge in [-0.2, -0.15) is 5.26 Å². The van der Waals surface area contributed by atoms with Crippen molar-refractivity contribution in [2.24, 2.45) is 0 Å². The normalized spacial score (nSPS) is 12.1. The maximum absolute atomic E-state index is 8.86. The standard InChI is InChI=1S/C12H15N/c1-3-10-5-7-12(8-6-10)11(4-2)9-13/h5-8,11H,3-4H2,1-2H3. The molecule has 0 N–H and O–H groups in total. The van der Waals surface area contributed by atoms with Gasteiger partial charge in [0.2, 0.25) is 0 Å². The minimum atomic E-state index is 0.0610. The van der Waals surface area contributed by atoms with E-state index in [2.05, 4.69) is 37.3 Å². The highest BCUT2D eigenvalue weighted by Gasteiger charge is 2.06. The van der Waals surface area contributed by atoms with Gasteiger partial charge < -0.3 is 0 Å². The molecule has 0 heterocycles. The van der Waals surface area contributed by atoms with Gasteiger partial charge in [0, 0.05) is 0 Å². The molecule has 1 heteroatoms. The summed E-state index contributed by atoms with van der Waals surface area (Å²) in [5.41, 5.74) is 2.47.